The maximum Gasteiger partial charge on any atom is 0.264 e. The van der Waals surface area contributed by atoms with Gasteiger partial charge >= 0.3 is 0 Å². The lowest BCUT2D eigenvalue weighted by Crippen LogP contribution is -2.15. The number of benzene rings is 3. The molecule has 0 atom stereocenters. The van der Waals surface area contributed by atoms with Gasteiger partial charge in [0, 0.05) is 28.5 Å². The molecule has 0 saturated carbocycles. The predicted octanol–water partition coefficient (Wildman–Crippen LogP) is 5.63. The van der Waals surface area contributed by atoms with E-state index in [1.165, 1.54) is 11.6 Å². The number of anilines is 2. The van der Waals surface area contributed by atoms with Crippen LogP contribution < -0.4 is 10.0 Å². The summed E-state index contributed by atoms with van der Waals surface area (Å²) in [6, 6.07) is 22.7. The molecule has 4 rings (SSSR count). The zero-order chi connectivity index (χ0) is 23.3. The Kier molecular flexibility index (Phi) is 6.70. The van der Waals surface area contributed by atoms with E-state index in [1.54, 1.807) is 42.6 Å². The molecule has 6 nitrogen and oxygen atoms in total. The Morgan fingerprint density at radius 2 is 1.58 bits per heavy atom. The van der Waals surface area contributed by atoms with Gasteiger partial charge in [0.25, 0.3) is 15.9 Å². The van der Waals surface area contributed by atoms with E-state index < -0.39 is 10.0 Å². The van der Waals surface area contributed by atoms with Crippen molar-refractivity contribution in [3.8, 4) is 0 Å². The van der Waals surface area contributed by atoms with Crippen LogP contribution in [-0.4, -0.2) is 19.3 Å². The number of hydrogen-bond acceptors (Lipinski definition) is 4. The molecule has 3 aromatic carbocycles. The molecule has 33 heavy (non-hydrogen) atoms. The van der Waals surface area contributed by atoms with Gasteiger partial charge in [0.2, 0.25) is 0 Å². The summed E-state index contributed by atoms with van der Waals surface area (Å²) in [5.74, 6) is -0.260. The molecule has 0 aliphatic carbocycles. The molecule has 0 aliphatic rings. The first kappa shape index (κ1) is 22.5. The number of amides is 1. The summed E-state index contributed by atoms with van der Waals surface area (Å²) >= 11 is 0. The van der Waals surface area contributed by atoms with Crippen LogP contribution in [0.15, 0.2) is 90.0 Å². The molecule has 4 aromatic rings. The fourth-order valence-electron chi connectivity index (χ4n) is 3.53. The minimum absolute atomic E-state index is 0.102. The molecule has 1 amide bonds. The maximum absolute atomic E-state index is 12.9. The van der Waals surface area contributed by atoms with Crippen molar-refractivity contribution in [1.29, 1.82) is 0 Å². The number of rotatable bonds is 8. The van der Waals surface area contributed by atoms with E-state index in [1.807, 2.05) is 36.4 Å². The van der Waals surface area contributed by atoms with Crippen molar-refractivity contribution in [3.05, 3.63) is 96.2 Å². The number of carbonyl (C=O) groups is 1. The number of nitrogens with zero attached hydrogens (tertiary/aromatic N) is 1. The third-order valence-corrected chi connectivity index (χ3v) is 6.73. The predicted molar refractivity (Wildman–Crippen MR) is 132 cm³/mol. The van der Waals surface area contributed by atoms with Gasteiger partial charge in [0.05, 0.1) is 5.52 Å². The lowest BCUT2D eigenvalue weighted by atomic mass is 10.1. The van der Waals surface area contributed by atoms with Gasteiger partial charge in [0.1, 0.15) is 4.90 Å². The number of fused-ring (bicyclic) bond motifs is 1. The zero-order valence-corrected chi connectivity index (χ0v) is 19.1. The number of unbranched alkanes of at least 4 members (excludes halogenated alkanes) is 1. The minimum atomic E-state index is -3.85. The highest BCUT2D eigenvalue weighted by Gasteiger charge is 2.18. The number of pyridine rings is 1. The van der Waals surface area contributed by atoms with Crippen LogP contribution in [0.3, 0.4) is 0 Å². The molecule has 0 bridgehead atoms. The van der Waals surface area contributed by atoms with Crippen molar-refractivity contribution >= 4 is 38.2 Å². The Morgan fingerprint density at radius 3 is 2.30 bits per heavy atom. The van der Waals surface area contributed by atoms with Gasteiger partial charge in [-0.25, -0.2) is 8.42 Å². The first-order chi connectivity index (χ1) is 16.0. The van der Waals surface area contributed by atoms with Gasteiger partial charge in [-0.2, -0.15) is 0 Å². The van der Waals surface area contributed by atoms with Gasteiger partial charge in [-0.15, -0.1) is 0 Å². The van der Waals surface area contributed by atoms with Crippen molar-refractivity contribution < 1.29 is 13.2 Å². The Labute approximate surface area is 193 Å². The molecular formula is C26H25N3O3S. The summed E-state index contributed by atoms with van der Waals surface area (Å²) in [5.41, 5.74) is 3.16. The van der Waals surface area contributed by atoms with Crippen molar-refractivity contribution in [2.45, 2.75) is 31.1 Å². The lowest BCUT2D eigenvalue weighted by molar-refractivity contribution is 0.102. The standard InChI is InChI=1S/C26H25N3O3S/c1-2-3-6-19-10-14-22(15-11-19)28-26(30)21-12-16-23(17-13-21)29-33(31,32)24-9-4-7-20-8-5-18-27-25(20)24/h4-5,7-18,29H,2-3,6H2,1H3,(H,28,30). The van der Waals surface area contributed by atoms with Crippen LogP contribution in [0, 0.1) is 0 Å². The molecule has 0 aliphatic heterocycles. The van der Waals surface area contributed by atoms with Crippen LogP contribution in [-0.2, 0) is 16.4 Å². The number of carbonyl (C=O) groups excluding carboxylic acids is 1. The molecular weight excluding hydrogens is 434 g/mol. The molecule has 2 N–H and O–H groups in total. The molecule has 7 heteroatoms. The van der Waals surface area contributed by atoms with Crippen molar-refractivity contribution in [3.63, 3.8) is 0 Å². The molecule has 168 valence electrons. The number of aromatic nitrogens is 1. The summed E-state index contributed by atoms with van der Waals surface area (Å²) in [6.45, 7) is 2.16. The first-order valence-electron chi connectivity index (χ1n) is 10.8. The maximum atomic E-state index is 12.9. The highest BCUT2D eigenvalue weighted by Crippen LogP contribution is 2.23. The van der Waals surface area contributed by atoms with E-state index in [9.17, 15) is 13.2 Å². The van der Waals surface area contributed by atoms with Gasteiger partial charge in [-0.3, -0.25) is 14.5 Å². The van der Waals surface area contributed by atoms with E-state index in [4.69, 9.17) is 0 Å². The Hall–Kier alpha value is -3.71. The van der Waals surface area contributed by atoms with E-state index in [0.717, 1.165) is 24.6 Å². The van der Waals surface area contributed by atoms with Gasteiger partial charge < -0.3 is 5.32 Å². The quantitative estimate of drug-likeness (QED) is 0.357. The first-order valence-corrected chi connectivity index (χ1v) is 12.3. The summed E-state index contributed by atoms with van der Waals surface area (Å²) in [6.07, 6.45) is 4.87. The fraction of sp³-hybridized carbons (Fsp3) is 0.154. The zero-order valence-electron chi connectivity index (χ0n) is 18.3. The second-order valence-electron chi connectivity index (χ2n) is 7.77. The fourth-order valence-corrected chi connectivity index (χ4v) is 4.77. The molecule has 0 spiro atoms. The lowest BCUT2D eigenvalue weighted by Gasteiger charge is -2.11. The molecule has 0 unspecified atom stereocenters. The van der Waals surface area contributed by atoms with Crippen LogP contribution in [0.1, 0.15) is 35.7 Å². The number of aryl methyl sites for hydroxylation is 1. The highest BCUT2D eigenvalue weighted by atomic mass is 32.2. The summed E-state index contributed by atoms with van der Waals surface area (Å²) in [7, 11) is -3.85. The Morgan fingerprint density at radius 1 is 0.879 bits per heavy atom. The largest absolute Gasteiger partial charge is 0.322 e. The van der Waals surface area contributed by atoms with Crippen LogP contribution in [0.25, 0.3) is 10.9 Å². The Bertz CT molecular complexity index is 1360. The average Bonchev–Trinajstić information content (AvgIpc) is 2.83. The van der Waals surface area contributed by atoms with Crippen LogP contribution in [0.5, 0.6) is 0 Å². The monoisotopic (exact) mass is 459 g/mol. The molecule has 0 fully saturated rings. The number of sulfonamides is 1. The van der Waals surface area contributed by atoms with Gasteiger partial charge in [-0.1, -0.05) is 43.7 Å². The van der Waals surface area contributed by atoms with Crippen molar-refractivity contribution in [2.75, 3.05) is 10.0 Å². The summed E-state index contributed by atoms with van der Waals surface area (Å²) in [5, 5.41) is 3.61. The normalized spacial score (nSPS) is 11.3. The van der Waals surface area contributed by atoms with Crippen LogP contribution >= 0.6 is 0 Å². The minimum Gasteiger partial charge on any atom is -0.322 e. The smallest absolute Gasteiger partial charge is 0.264 e. The van der Waals surface area contributed by atoms with Crippen molar-refractivity contribution in [2.24, 2.45) is 0 Å². The number of nitrogens with one attached hydrogen (secondary N) is 2. The van der Waals surface area contributed by atoms with E-state index in [0.29, 0.717) is 22.5 Å². The van der Waals surface area contributed by atoms with E-state index in [2.05, 4.69) is 21.9 Å². The molecule has 1 heterocycles. The third kappa shape index (κ3) is 5.38. The van der Waals surface area contributed by atoms with E-state index >= 15 is 0 Å². The number of hydrogen-bond donors (Lipinski definition) is 2. The summed E-state index contributed by atoms with van der Waals surface area (Å²) < 4.78 is 28.4. The number of para-hydroxylation sites is 1. The highest BCUT2D eigenvalue weighted by molar-refractivity contribution is 7.93. The van der Waals surface area contributed by atoms with Gasteiger partial charge in [0.15, 0.2) is 0 Å². The molecule has 1 aromatic heterocycles. The second kappa shape index (κ2) is 9.83. The van der Waals surface area contributed by atoms with E-state index in [-0.39, 0.29) is 10.8 Å². The van der Waals surface area contributed by atoms with Crippen LogP contribution in [0.4, 0.5) is 11.4 Å². The molecule has 0 radical (unpaired) electrons. The Balaban J connectivity index is 1.45. The van der Waals surface area contributed by atoms with Gasteiger partial charge in [-0.05, 0) is 66.9 Å². The summed E-state index contributed by atoms with van der Waals surface area (Å²) in [4.78, 5) is 16.9. The van der Waals surface area contributed by atoms with Crippen molar-refractivity contribution in [1.82, 2.24) is 4.98 Å². The second-order valence-corrected chi connectivity index (χ2v) is 9.42. The average molecular weight is 460 g/mol. The molecule has 0 saturated heterocycles. The van der Waals surface area contributed by atoms with Crippen LogP contribution in [0.2, 0.25) is 0 Å². The SMILES string of the molecule is CCCCc1ccc(NC(=O)c2ccc(NS(=O)(=O)c3cccc4cccnc34)cc2)cc1. The topological polar surface area (TPSA) is 88.2 Å². The third-order valence-electron chi connectivity index (χ3n) is 5.32.